The first-order valence-electron chi connectivity index (χ1n) is 5.94. The lowest BCUT2D eigenvalue weighted by molar-refractivity contribution is 0.591. The maximum atomic E-state index is 4.52. The molecular formula is C12H15BrN4. The summed E-state index contributed by atoms with van der Waals surface area (Å²) in [4.78, 5) is 7.44. The van der Waals surface area contributed by atoms with Crippen LogP contribution in [0.5, 0.6) is 0 Å². The predicted octanol–water partition coefficient (Wildman–Crippen LogP) is 2.40. The second-order valence-corrected chi connectivity index (χ2v) is 5.85. The summed E-state index contributed by atoms with van der Waals surface area (Å²) in [5.41, 5.74) is 2.14. The highest BCUT2D eigenvalue weighted by molar-refractivity contribution is 9.09. The van der Waals surface area contributed by atoms with Crippen LogP contribution in [0.4, 0.5) is 5.82 Å². The molecule has 1 aliphatic heterocycles. The molecule has 1 atom stereocenters. The van der Waals surface area contributed by atoms with Crippen molar-refractivity contribution in [3.05, 3.63) is 24.2 Å². The van der Waals surface area contributed by atoms with Crippen LogP contribution in [0.2, 0.25) is 0 Å². The van der Waals surface area contributed by atoms with Crippen LogP contribution in [0.1, 0.15) is 18.5 Å². The van der Waals surface area contributed by atoms with Crippen LogP contribution in [-0.2, 0) is 0 Å². The number of anilines is 1. The number of aromatic nitrogens is 3. The molecule has 1 aliphatic rings. The van der Waals surface area contributed by atoms with Gasteiger partial charge in [-0.2, -0.15) is 5.10 Å². The highest BCUT2D eigenvalue weighted by Gasteiger charge is 2.20. The number of rotatable bonds is 1. The van der Waals surface area contributed by atoms with Crippen LogP contribution >= 0.6 is 15.9 Å². The molecule has 90 valence electrons. The minimum Gasteiger partial charge on any atom is -0.354 e. The Morgan fingerprint density at radius 3 is 3.18 bits per heavy atom. The van der Waals surface area contributed by atoms with Gasteiger partial charge in [-0.3, -0.25) is 0 Å². The molecule has 0 bridgehead atoms. The summed E-state index contributed by atoms with van der Waals surface area (Å²) >= 11 is 3.70. The van der Waals surface area contributed by atoms with Gasteiger partial charge in [0.25, 0.3) is 0 Å². The van der Waals surface area contributed by atoms with E-state index in [0.717, 1.165) is 30.1 Å². The van der Waals surface area contributed by atoms with E-state index in [1.807, 2.05) is 23.8 Å². The van der Waals surface area contributed by atoms with Gasteiger partial charge in [0.05, 0.1) is 5.69 Å². The molecule has 17 heavy (non-hydrogen) atoms. The summed E-state index contributed by atoms with van der Waals surface area (Å²) in [6.45, 7) is 4.12. The van der Waals surface area contributed by atoms with Crippen molar-refractivity contribution >= 4 is 27.3 Å². The van der Waals surface area contributed by atoms with Gasteiger partial charge >= 0.3 is 0 Å². The molecule has 3 rings (SSSR count). The van der Waals surface area contributed by atoms with E-state index in [-0.39, 0.29) is 0 Å². The van der Waals surface area contributed by atoms with Crippen LogP contribution in [-0.4, -0.2) is 32.5 Å². The van der Waals surface area contributed by atoms with Crippen molar-refractivity contribution in [3.8, 4) is 0 Å². The third kappa shape index (κ3) is 2.04. The first-order chi connectivity index (χ1) is 8.24. The molecule has 4 nitrogen and oxygen atoms in total. The fraction of sp³-hybridized carbons (Fsp3) is 0.500. The maximum absolute atomic E-state index is 4.52. The molecule has 0 amide bonds. The minimum absolute atomic E-state index is 0.572. The van der Waals surface area contributed by atoms with Gasteiger partial charge in [0.2, 0.25) is 0 Å². The molecule has 1 saturated heterocycles. The first-order valence-corrected chi connectivity index (χ1v) is 6.85. The number of hydrogen-bond donors (Lipinski definition) is 0. The molecular weight excluding hydrogens is 280 g/mol. The Morgan fingerprint density at radius 1 is 1.47 bits per heavy atom. The topological polar surface area (TPSA) is 33.4 Å². The second-order valence-electron chi connectivity index (χ2n) is 4.55. The maximum Gasteiger partial charge on any atom is 0.154 e. The summed E-state index contributed by atoms with van der Waals surface area (Å²) in [5, 5.41) is 4.43. The third-order valence-corrected chi connectivity index (χ3v) is 3.90. The van der Waals surface area contributed by atoms with Crippen molar-refractivity contribution in [2.45, 2.75) is 24.6 Å². The number of fused-ring (bicyclic) bond motifs is 1. The van der Waals surface area contributed by atoms with Crippen LogP contribution in [0.3, 0.4) is 0 Å². The fourth-order valence-electron chi connectivity index (χ4n) is 2.39. The number of halogens is 1. The Bertz CT molecular complexity index is 536. The molecule has 0 aromatic carbocycles. The van der Waals surface area contributed by atoms with E-state index in [1.54, 1.807) is 0 Å². The van der Waals surface area contributed by atoms with Crippen molar-refractivity contribution in [3.63, 3.8) is 0 Å². The SMILES string of the molecule is Cc1cc2c(N3CCCC(Br)C3)nccn2n1. The van der Waals surface area contributed by atoms with Gasteiger partial charge in [0.1, 0.15) is 5.52 Å². The molecule has 0 spiro atoms. The minimum atomic E-state index is 0.572. The molecule has 0 saturated carbocycles. The van der Waals surface area contributed by atoms with E-state index in [0.29, 0.717) is 4.83 Å². The van der Waals surface area contributed by atoms with E-state index in [1.165, 1.54) is 12.8 Å². The molecule has 2 aromatic rings. The molecule has 2 aromatic heterocycles. The van der Waals surface area contributed by atoms with E-state index in [9.17, 15) is 0 Å². The Morgan fingerprint density at radius 2 is 2.35 bits per heavy atom. The largest absolute Gasteiger partial charge is 0.354 e. The molecule has 1 fully saturated rings. The normalized spacial score (nSPS) is 21.1. The molecule has 0 aliphatic carbocycles. The van der Waals surface area contributed by atoms with Gasteiger partial charge in [-0.1, -0.05) is 15.9 Å². The van der Waals surface area contributed by atoms with Crippen molar-refractivity contribution in [1.82, 2.24) is 14.6 Å². The Labute approximate surface area is 109 Å². The van der Waals surface area contributed by atoms with Crippen LogP contribution < -0.4 is 4.90 Å². The zero-order valence-electron chi connectivity index (χ0n) is 9.80. The van der Waals surface area contributed by atoms with Gasteiger partial charge in [0, 0.05) is 30.3 Å². The third-order valence-electron chi connectivity index (χ3n) is 3.16. The Balaban J connectivity index is 2.04. The molecule has 0 N–H and O–H groups in total. The summed E-state index contributed by atoms with van der Waals surface area (Å²) in [6, 6.07) is 2.10. The Kier molecular flexibility index (Phi) is 2.78. The monoisotopic (exact) mass is 294 g/mol. The molecule has 0 radical (unpaired) electrons. The average Bonchev–Trinajstić information content (AvgIpc) is 2.68. The lowest BCUT2D eigenvalue weighted by Crippen LogP contribution is -2.36. The van der Waals surface area contributed by atoms with Crippen LogP contribution in [0, 0.1) is 6.92 Å². The smallest absolute Gasteiger partial charge is 0.154 e. The van der Waals surface area contributed by atoms with Gasteiger partial charge in [0.15, 0.2) is 5.82 Å². The zero-order valence-corrected chi connectivity index (χ0v) is 11.4. The van der Waals surface area contributed by atoms with E-state index in [2.05, 4.69) is 37.0 Å². The van der Waals surface area contributed by atoms with Crippen LogP contribution in [0.15, 0.2) is 18.5 Å². The Hall–Kier alpha value is -1.10. The quantitative estimate of drug-likeness (QED) is 0.758. The van der Waals surface area contributed by atoms with E-state index >= 15 is 0 Å². The summed E-state index contributed by atoms with van der Waals surface area (Å²) < 4.78 is 1.91. The second kappa shape index (κ2) is 4.29. The van der Waals surface area contributed by atoms with Gasteiger partial charge < -0.3 is 4.90 Å². The molecule has 3 heterocycles. The van der Waals surface area contributed by atoms with Crippen molar-refractivity contribution in [2.24, 2.45) is 0 Å². The predicted molar refractivity (Wildman–Crippen MR) is 71.9 cm³/mol. The summed E-state index contributed by atoms with van der Waals surface area (Å²) in [5.74, 6) is 1.05. The fourth-order valence-corrected chi connectivity index (χ4v) is 3.07. The lowest BCUT2D eigenvalue weighted by Gasteiger charge is -2.31. The van der Waals surface area contributed by atoms with Gasteiger partial charge in [-0.05, 0) is 25.8 Å². The first kappa shape index (κ1) is 11.0. The number of nitrogens with zero attached hydrogens (tertiary/aromatic N) is 4. The number of aryl methyl sites for hydroxylation is 1. The van der Waals surface area contributed by atoms with Crippen LogP contribution in [0.25, 0.3) is 5.52 Å². The number of alkyl halides is 1. The average molecular weight is 295 g/mol. The zero-order chi connectivity index (χ0) is 11.8. The lowest BCUT2D eigenvalue weighted by atomic mass is 10.1. The standard InChI is InChI=1S/C12H15BrN4/c1-9-7-11-12(14-4-6-17(11)15-9)16-5-2-3-10(13)8-16/h4,6-7,10H,2-3,5,8H2,1H3. The van der Waals surface area contributed by atoms with Gasteiger partial charge in [-0.25, -0.2) is 9.50 Å². The highest BCUT2D eigenvalue weighted by Crippen LogP contribution is 2.25. The summed E-state index contributed by atoms with van der Waals surface area (Å²) in [7, 11) is 0. The van der Waals surface area contributed by atoms with E-state index < -0.39 is 0 Å². The van der Waals surface area contributed by atoms with Gasteiger partial charge in [-0.15, -0.1) is 0 Å². The number of piperidine rings is 1. The molecule has 5 heteroatoms. The van der Waals surface area contributed by atoms with Crippen molar-refractivity contribution in [1.29, 1.82) is 0 Å². The summed E-state index contributed by atoms with van der Waals surface area (Å²) in [6.07, 6.45) is 6.19. The number of hydrogen-bond acceptors (Lipinski definition) is 3. The van der Waals surface area contributed by atoms with E-state index in [4.69, 9.17) is 0 Å². The highest BCUT2D eigenvalue weighted by atomic mass is 79.9. The van der Waals surface area contributed by atoms with Crippen molar-refractivity contribution in [2.75, 3.05) is 18.0 Å². The van der Waals surface area contributed by atoms with Crippen molar-refractivity contribution < 1.29 is 0 Å². The molecule has 1 unspecified atom stereocenters.